The van der Waals surface area contributed by atoms with Gasteiger partial charge in [0.2, 0.25) is 0 Å². The van der Waals surface area contributed by atoms with Crippen molar-refractivity contribution in [2.75, 3.05) is 6.61 Å². The summed E-state index contributed by atoms with van der Waals surface area (Å²) in [5.41, 5.74) is -0.684. The average Bonchev–Trinajstić information content (AvgIpc) is 2.36. The van der Waals surface area contributed by atoms with Gasteiger partial charge < -0.3 is 9.72 Å². The van der Waals surface area contributed by atoms with Crippen molar-refractivity contribution in [2.45, 2.75) is 39.2 Å². The van der Waals surface area contributed by atoms with Crippen LogP contribution in [0, 0.1) is 0 Å². The maximum absolute atomic E-state index is 11.4. The summed E-state index contributed by atoms with van der Waals surface area (Å²) in [6.45, 7) is 2.53. The highest BCUT2D eigenvalue weighted by Gasteiger charge is 2.00. The average molecular weight is 254 g/mol. The number of rotatable bonds is 7. The van der Waals surface area contributed by atoms with Crippen molar-refractivity contribution in [3.8, 4) is 0 Å². The molecule has 0 aliphatic rings. The van der Waals surface area contributed by atoms with Crippen molar-refractivity contribution in [3.05, 3.63) is 33.1 Å². The van der Waals surface area contributed by atoms with Crippen LogP contribution >= 0.6 is 0 Å². The maximum atomic E-state index is 11.4. The van der Waals surface area contributed by atoms with Gasteiger partial charge in [0.1, 0.15) is 0 Å². The molecule has 1 N–H and O–H groups in total. The van der Waals surface area contributed by atoms with Crippen molar-refractivity contribution in [3.63, 3.8) is 0 Å². The molecule has 0 amide bonds. The lowest BCUT2D eigenvalue weighted by Crippen LogP contribution is -2.33. The minimum atomic E-state index is -0.389. The molecule has 0 bridgehead atoms. The monoisotopic (exact) mass is 254 g/mol. The van der Waals surface area contributed by atoms with E-state index in [-0.39, 0.29) is 17.2 Å². The molecule has 0 saturated heterocycles. The summed E-state index contributed by atoms with van der Waals surface area (Å²) < 4.78 is 6.08. The molecule has 0 saturated carbocycles. The van der Waals surface area contributed by atoms with Gasteiger partial charge in [0, 0.05) is 25.2 Å². The first kappa shape index (κ1) is 14.2. The summed E-state index contributed by atoms with van der Waals surface area (Å²) >= 11 is 0. The van der Waals surface area contributed by atoms with E-state index in [1.165, 1.54) is 12.3 Å². The Morgan fingerprint density at radius 3 is 2.78 bits per heavy atom. The molecular formula is C12H18N2O4. The number of aromatic nitrogens is 2. The quantitative estimate of drug-likeness (QED) is 0.572. The number of H-pyrrole nitrogens is 1. The van der Waals surface area contributed by atoms with E-state index in [1.807, 2.05) is 0 Å². The first-order chi connectivity index (χ1) is 8.65. The highest BCUT2D eigenvalue weighted by Crippen LogP contribution is 1.98. The Morgan fingerprint density at radius 1 is 1.33 bits per heavy atom. The van der Waals surface area contributed by atoms with Gasteiger partial charge in [-0.15, -0.1) is 0 Å². The van der Waals surface area contributed by atoms with E-state index in [4.69, 9.17) is 4.74 Å². The Balaban J connectivity index is 2.24. The third-order valence-corrected chi connectivity index (χ3v) is 2.52. The molecular weight excluding hydrogens is 236 g/mol. The van der Waals surface area contributed by atoms with E-state index in [1.54, 1.807) is 6.92 Å². The second-order valence-corrected chi connectivity index (χ2v) is 3.91. The summed E-state index contributed by atoms with van der Waals surface area (Å²) in [7, 11) is 0. The number of nitrogens with zero attached hydrogens (tertiary/aromatic N) is 1. The lowest BCUT2D eigenvalue weighted by molar-refractivity contribution is -0.143. The van der Waals surface area contributed by atoms with Gasteiger partial charge in [-0.3, -0.25) is 14.2 Å². The van der Waals surface area contributed by atoms with Gasteiger partial charge in [0.05, 0.1) is 6.61 Å². The van der Waals surface area contributed by atoms with E-state index in [0.29, 0.717) is 26.0 Å². The van der Waals surface area contributed by atoms with Crippen molar-refractivity contribution < 1.29 is 9.53 Å². The van der Waals surface area contributed by atoms with Crippen LogP contribution in [-0.2, 0) is 16.1 Å². The molecule has 0 aliphatic heterocycles. The van der Waals surface area contributed by atoms with Crippen molar-refractivity contribution >= 4 is 5.97 Å². The number of hydrogen-bond donors (Lipinski definition) is 1. The van der Waals surface area contributed by atoms with E-state index in [0.717, 1.165) is 17.4 Å². The highest BCUT2D eigenvalue weighted by molar-refractivity contribution is 5.68. The molecule has 0 radical (unpaired) electrons. The predicted octanol–water partition coefficient (Wildman–Crippen LogP) is 0.660. The molecule has 6 heteroatoms. The SMILES string of the molecule is CCC(=O)OCCCCCn1c(=O)cc[nH]c1=O. The standard InChI is InChI=1S/C12H18N2O4/c1-2-11(16)18-9-5-3-4-8-14-10(15)6-7-13-12(14)17/h6-7H,2-5,8-9H2,1H3,(H,13,17). The Labute approximate surface area is 105 Å². The smallest absolute Gasteiger partial charge is 0.328 e. The second-order valence-electron chi connectivity index (χ2n) is 3.91. The second kappa shape index (κ2) is 7.47. The number of ether oxygens (including phenoxy) is 1. The predicted molar refractivity (Wildman–Crippen MR) is 66.4 cm³/mol. The first-order valence-corrected chi connectivity index (χ1v) is 6.09. The van der Waals surface area contributed by atoms with Crippen LogP contribution in [-0.4, -0.2) is 22.1 Å². The molecule has 0 atom stereocenters. The zero-order valence-corrected chi connectivity index (χ0v) is 10.5. The van der Waals surface area contributed by atoms with Gasteiger partial charge in [-0.05, 0) is 19.3 Å². The fourth-order valence-corrected chi connectivity index (χ4v) is 1.50. The molecule has 0 aliphatic carbocycles. The van der Waals surface area contributed by atoms with Crippen LogP contribution in [0.25, 0.3) is 0 Å². The highest BCUT2D eigenvalue weighted by atomic mass is 16.5. The minimum Gasteiger partial charge on any atom is -0.466 e. The minimum absolute atomic E-state index is 0.203. The molecule has 1 aromatic rings. The third kappa shape index (κ3) is 4.57. The molecule has 1 aromatic heterocycles. The normalized spacial score (nSPS) is 10.3. The van der Waals surface area contributed by atoms with Crippen LogP contribution in [0.3, 0.4) is 0 Å². The molecule has 100 valence electrons. The van der Waals surface area contributed by atoms with Crippen LogP contribution in [0.2, 0.25) is 0 Å². The van der Waals surface area contributed by atoms with Crippen LogP contribution in [0.4, 0.5) is 0 Å². The van der Waals surface area contributed by atoms with E-state index in [2.05, 4.69) is 4.98 Å². The summed E-state index contributed by atoms with van der Waals surface area (Å²) in [5.74, 6) is -0.203. The van der Waals surface area contributed by atoms with Crippen LogP contribution in [0.1, 0.15) is 32.6 Å². The van der Waals surface area contributed by atoms with Crippen molar-refractivity contribution in [1.82, 2.24) is 9.55 Å². The molecule has 0 fully saturated rings. The summed E-state index contributed by atoms with van der Waals surface area (Å²) in [6.07, 6.45) is 3.97. The number of carbonyl (C=O) groups excluding carboxylic acids is 1. The lowest BCUT2D eigenvalue weighted by atomic mass is 10.2. The molecule has 6 nitrogen and oxygen atoms in total. The third-order valence-electron chi connectivity index (χ3n) is 2.52. The largest absolute Gasteiger partial charge is 0.466 e. The molecule has 18 heavy (non-hydrogen) atoms. The number of esters is 1. The fraction of sp³-hybridized carbons (Fsp3) is 0.583. The Morgan fingerprint density at radius 2 is 2.11 bits per heavy atom. The zero-order valence-electron chi connectivity index (χ0n) is 10.5. The number of unbranched alkanes of at least 4 members (excludes halogenated alkanes) is 2. The maximum Gasteiger partial charge on any atom is 0.328 e. The number of carbonyl (C=O) groups is 1. The molecule has 1 rings (SSSR count). The van der Waals surface area contributed by atoms with Crippen LogP contribution in [0.15, 0.2) is 21.9 Å². The Kier molecular flexibility index (Phi) is 5.90. The Bertz CT molecular complexity index is 461. The molecule has 0 unspecified atom stereocenters. The van der Waals surface area contributed by atoms with Crippen molar-refractivity contribution in [2.24, 2.45) is 0 Å². The van der Waals surface area contributed by atoms with Gasteiger partial charge in [0.15, 0.2) is 0 Å². The van der Waals surface area contributed by atoms with Gasteiger partial charge in [-0.25, -0.2) is 4.79 Å². The van der Waals surface area contributed by atoms with Crippen LogP contribution < -0.4 is 11.2 Å². The van der Waals surface area contributed by atoms with E-state index >= 15 is 0 Å². The van der Waals surface area contributed by atoms with Gasteiger partial charge in [-0.1, -0.05) is 6.92 Å². The van der Waals surface area contributed by atoms with E-state index < -0.39 is 0 Å². The number of hydrogen-bond acceptors (Lipinski definition) is 4. The Hall–Kier alpha value is -1.85. The number of nitrogens with one attached hydrogen (secondary N) is 1. The van der Waals surface area contributed by atoms with Gasteiger partial charge in [-0.2, -0.15) is 0 Å². The summed E-state index contributed by atoms with van der Waals surface area (Å²) in [5, 5.41) is 0. The van der Waals surface area contributed by atoms with Crippen molar-refractivity contribution in [1.29, 1.82) is 0 Å². The first-order valence-electron chi connectivity index (χ1n) is 6.09. The van der Waals surface area contributed by atoms with Crippen LogP contribution in [0.5, 0.6) is 0 Å². The summed E-state index contributed by atoms with van der Waals surface area (Å²) in [4.78, 5) is 36.0. The van der Waals surface area contributed by atoms with Gasteiger partial charge >= 0.3 is 11.7 Å². The zero-order chi connectivity index (χ0) is 13.4. The molecule has 0 aromatic carbocycles. The topological polar surface area (TPSA) is 81.2 Å². The van der Waals surface area contributed by atoms with E-state index in [9.17, 15) is 14.4 Å². The van der Waals surface area contributed by atoms with Gasteiger partial charge in [0.25, 0.3) is 5.56 Å². The molecule has 0 spiro atoms. The fourth-order valence-electron chi connectivity index (χ4n) is 1.50. The summed E-state index contributed by atoms with van der Waals surface area (Å²) in [6, 6.07) is 1.32. The molecule has 1 heterocycles. The number of aromatic amines is 1. The lowest BCUT2D eigenvalue weighted by Gasteiger charge is -2.04.